The van der Waals surface area contributed by atoms with Crippen molar-refractivity contribution < 1.29 is 0 Å². The molecule has 3 aromatic rings. The zero-order chi connectivity index (χ0) is 12.4. The van der Waals surface area contributed by atoms with Crippen molar-refractivity contribution in [3.8, 4) is 0 Å². The maximum atomic E-state index is 5.83. The van der Waals surface area contributed by atoms with E-state index >= 15 is 0 Å². The van der Waals surface area contributed by atoms with Crippen molar-refractivity contribution in [1.29, 1.82) is 0 Å². The molecule has 0 bridgehead atoms. The fourth-order valence-corrected chi connectivity index (χ4v) is 2.80. The Morgan fingerprint density at radius 2 is 2.06 bits per heavy atom. The number of nitrogens with two attached hydrogens (primary N) is 1. The molecule has 4 heteroatoms. The number of pyridine rings is 1. The number of H-pyrrole nitrogens is 1. The van der Waals surface area contributed by atoms with E-state index in [0.29, 0.717) is 5.82 Å². The molecule has 0 atom stereocenters. The number of nitrogens with zero attached hydrogens (tertiary/aromatic N) is 1. The van der Waals surface area contributed by atoms with Gasteiger partial charge in [-0.15, -0.1) is 11.8 Å². The summed E-state index contributed by atoms with van der Waals surface area (Å²) < 4.78 is 0. The maximum absolute atomic E-state index is 5.83. The van der Waals surface area contributed by atoms with Crippen molar-refractivity contribution in [2.75, 3.05) is 5.73 Å². The highest BCUT2D eigenvalue weighted by Crippen LogP contribution is 2.27. The van der Waals surface area contributed by atoms with Crippen LogP contribution in [0, 0.1) is 0 Å². The second kappa shape index (κ2) is 4.74. The van der Waals surface area contributed by atoms with Gasteiger partial charge in [0.05, 0.1) is 5.03 Å². The van der Waals surface area contributed by atoms with E-state index in [0.717, 1.165) is 16.3 Å². The van der Waals surface area contributed by atoms with Gasteiger partial charge in [-0.3, -0.25) is 0 Å². The number of nitrogen functional groups attached to an aromatic ring is 1. The minimum Gasteiger partial charge on any atom is -0.383 e. The van der Waals surface area contributed by atoms with Gasteiger partial charge in [0.25, 0.3) is 0 Å². The van der Waals surface area contributed by atoms with E-state index in [2.05, 4.69) is 28.2 Å². The normalized spacial score (nSPS) is 10.9. The van der Waals surface area contributed by atoms with Crippen LogP contribution in [-0.2, 0) is 5.75 Å². The van der Waals surface area contributed by atoms with Crippen molar-refractivity contribution >= 4 is 28.5 Å². The Morgan fingerprint density at radius 1 is 1.17 bits per heavy atom. The molecular formula is C14H13N3S. The van der Waals surface area contributed by atoms with Crippen molar-refractivity contribution in [2.24, 2.45) is 0 Å². The van der Waals surface area contributed by atoms with Crippen molar-refractivity contribution in [3.63, 3.8) is 0 Å². The molecule has 2 aromatic heterocycles. The number of nitrogens with one attached hydrogen (secondary N) is 1. The van der Waals surface area contributed by atoms with Crippen LogP contribution in [0.3, 0.4) is 0 Å². The Bertz CT molecular complexity index is 642. The van der Waals surface area contributed by atoms with Gasteiger partial charge in [0.15, 0.2) is 0 Å². The van der Waals surface area contributed by atoms with Crippen LogP contribution in [0.15, 0.2) is 53.7 Å². The van der Waals surface area contributed by atoms with Crippen molar-refractivity contribution in [2.45, 2.75) is 10.8 Å². The summed E-state index contributed by atoms with van der Waals surface area (Å²) in [5.74, 6) is 1.44. The highest BCUT2D eigenvalue weighted by molar-refractivity contribution is 7.98. The lowest BCUT2D eigenvalue weighted by atomic mass is 10.3. The quantitative estimate of drug-likeness (QED) is 0.705. The van der Waals surface area contributed by atoms with E-state index in [1.807, 2.05) is 24.3 Å². The summed E-state index contributed by atoms with van der Waals surface area (Å²) in [6.45, 7) is 0. The maximum Gasteiger partial charge on any atom is 0.127 e. The van der Waals surface area contributed by atoms with Gasteiger partial charge >= 0.3 is 0 Å². The van der Waals surface area contributed by atoms with Gasteiger partial charge in [-0.05, 0) is 18.2 Å². The summed E-state index contributed by atoms with van der Waals surface area (Å²) in [6, 6.07) is 14.4. The van der Waals surface area contributed by atoms with Crippen LogP contribution in [0.4, 0.5) is 5.82 Å². The fraction of sp³-hybridized carbons (Fsp3) is 0.0714. The van der Waals surface area contributed by atoms with E-state index in [4.69, 9.17) is 5.73 Å². The smallest absolute Gasteiger partial charge is 0.127 e. The van der Waals surface area contributed by atoms with Crippen molar-refractivity contribution in [1.82, 2.24) is 9.97 Å². The lowest BCUT2D eigenvalue weighted by Crippen LogP contribution is -1.95. The minimum absolute atomic E-state index is 0.612. The predicted octanol–water partition coefficient (Wildman–Crippen LogP) is 3.44. The van der Waals surface area contributed by atoms with Crippen molar-refractivity contribution in [3.05, 3.63) is 54.2 Å². The van der Waals surface area contributed by atoms with E-state index < -0.39 is 0 Å². The summed E-state index contributed by atoms with van der Waals surface area (Å²) in [4.78, 5) is 7.48. The molecule has 2 heterocycles. The van der Waals surface area contributed by atoms with Crippen LogP contribution in [-0.4, -0.2) is 9.97 Å². The van der Waals surface area contributed by atoms with E-state index in [1.165, 1.54) is 10.9 Å². The number of para-hydroxylation sites is 1. The number of hydrogen-bond acceptors (Lipinski definition) is 3. The first kappa shape index (κ1) is 11.2. The number of rotatable bonds is 3. The molecule has 0 radical (unpaired) electrons. The van der Waals surface area contributed by atoms with Crippen LogP contribution in [0.25, 0.3) is 10.9 Å². The molecule has 18 heavy (non-hydrogen) atoms. The van der Waals surface area contributed by atoms with Crippen LogP contribution >= 0.6 is 11.8 Å². The summed E-state index contributed by atoms with van der Waals surface area (Å²) in [7, 11) is 0. The average molecular weight is 255 g/mol. The van der Waals surface area contributed by atoms with Gasteiger partial charge in [0.2, 0.25) is 0 Å². The number of thioether (sulfide) groups is 1. The topological polar surface area (TPSA) is 54.7 Å². The van der Waals surface area contributed by atoms with Gasteiger partial charge in [-0.2, -0.15) is 0 Å². The number of aromatic nitrogens is 2. The molecule has 3 rings (SSSR count). The summed E-state index contributed by atoms with van der Waals surface area (Å²) in [6.07, 6.45) is 1.71. The first-order valence-electron chi connectivity index (χ1n) is 5.73. The van der Waals surface area contributed by atoms with Crippen LogP contribution in [0.5, 0.6) is 0 Å². The lowest BCUT2D eigenvalue weighted by molar-refractivity contribution is 1.22. The summed E-state index contributed by atoms with van der Waals surface area (Å²) in [5.41, 5.74) is 8.06. The Kier molecular flexibility index (Phi) is 2.94. The van der Waals surface area contributed by atoms with Gasteiger partial charge < -0.3 is 10.7 Å². The highest BCUT2D eigenvalue weighted by Gasteiger charge is 2.03. The molecule has 0 aliphatic rings. The standard InChI is InChI=1S/C14H13N3S/c15-14-11(5-3-7-16-14)9-18-13-8-10-4-1-2-6-12(10)17-13/h1-8,17H,9H2,(H2,15,16). The SMILES string of the molecule is Nc1ncccc1CSc1cc2ccccc2[nH]1. The number of aromatic amines is 1. The average Bonchev–Trinajstić information content (AvgIpc) is 2.80. The van der Waals surface area contributed by atoms with Crippen LogP contribution < -0.4 is 5.73 Å². The summed E-state index contributed by atoms with van der Waals surface area (Å²) in [5, 5.41) is 2.39. The molecule has 3 N–H and O–H groups in total. The molecule has 0 unspecified atom stereocenters. The predicted molar refractivity (Wildman–Crippen MR) is 76.5 cm³/mol. The van der Waals surface area contributed by atoms with Gasteiger partial charge in [0, 0.05) is 28.4 Å². The Morgan fingerprint density at radius 3 is 2.89 bits per heavy atom. The number of hydrogen-bond donors (Lipinski definition) is 2. The minimum atomic E-state index is 0.612. The zero-order valence-electron chi connectivity index (χ0n) is 9.76. The number of anilines is 1. The third-order valence-corrected chi connectivity index (χ3v) is 3.80. The molecule has 1 aromatic carbocycles. The zero-order valence-corrected chi connectivity index (χ0v) is 10.6. The number of benzene rings is 1. The van der Waals surface area contributed by atoms with Crippen LogP contribution in [0.1, 0.15) is 5.56 Å². The third-order valence-electron chi connectivity index (χ3n) is 2.81. The lowest BCUT2D eigenvalue weighted by Gasteiger charge is -2.02. The van der Waals surface area contributed by atoms with Crippen LogP contribution in [0.2, 0.25) is 0 Å². The van der Waals surface area contributed by atoms with E-state index in [9.17, 15) is 0 Å². The van der Waals surface area contributed by atoms with Gasteiger partial charge in [-0.1, -0.05) is 24.3 Å². The molecule has 0 saturated carbocycles. The molecule has 3 nitrogen and oxygen atoms in total. The first-order valence-corrected chi connectivity index (χ1v) is 6.71. The Hall–Kier alpha value is -1.94. The molecule has 0 saturated heterocycles. The Labute approximate surface area is 109 Å². The van der Waals surface area contributed by atoms with E-state index in [1.54, 1.807) is 18.0 Å². The third kappa shape index (κ3) is 2.19. The van der Waals surface area contributed by atoms with Gasteiger partial charge in [0.1, 0.15) is 5.82 Å². The molecule has 0 aliphatic heterocycles. The largest absolute Gasteiger partial charge is 0.383 e. The summed E-state index contributed by atoms with van der Waals surface area (Å²) >= 11 is 1.74. The highest BCUT2D eigenvalue weighted by atomic mass is 32.2. The molecular weight excluding hydrogens is 242 g/mol. The fourth-order valence-electron chi connectivity index (χ4n) is 1.85. The Balaban J connectivity index is 1.79. The number of fused-ring (bicyclic) bond motifs is 1. The van der Waals surface area contributed by atoms with E-state index in [-0.39, 0.29) is 0 Å². The molecule has 0 amide bonds. The second-order valence-corrected chi connectivity index (χ2v) is 5.07. The molecule has 0 aliphatic carbocycles. The monoisotopic (exact) mass is 255 g/mol. The first-order chi connectivity index (χ1) is 8.83. The molecule has 90 valence electrons. The molecule has 0 spiro atoms. The molecule has 0 fully saturated rings. The second-order valence-electron chi connectivity index (χ2n) is 4.06. The van der Waals surface area contributed by atoms with Gasteiger partial charge in [-0.25, -0.2) is 4.98 Å².